The van der Waals surface area contributed by atoms with Crippen LogP contribution in [0.2, 0.25) is 0 Å². The van der Waals surface area contributed by atoms with Crippen molar-refractivity contribution < 1.29 is 4.79 Å². The highest BCUT2D eigenvalue weighted by atomic mass is 16.1. The summed E-state index contributed by atoms with van der Waals surface area (Å²) < 4.78 is 0. The van der Waals surface area contributed by atoms with Crippen LogP contribution in [0.25, 0.3) is 0 Å². The first-order valence-electron chi connectivity index (χ1n) is 6.34. The second-order valence-corrected chi connectivity index (χ2v) is 5.03. The van der Waals surface area contributed by atoms with E-state index in [1.54, 1.807) is 0 Å². The molecule has 0 aliphatic rings. The fourth-order valence-electron chi connectivity index (χ4n) is 1.85. The highest BCUT2D eigenvalue weighted by Gasteiger charge is 2.05. The Morgan fingerprint density at radius 1 is 1.33 bits per heavy atom. The number of nitrogens with two attached hydrogens (primary N) is 1. The zero-order chi connectivity index (χ0) is 13.5. The van der Waals surface area contributed by atoms with Gasteiger partial charge >= 0.3 is 0 Å². The van der Waals surface area contributed by atoms with E-state index in [1.807, 2.05) is 24.3 Å². The maximum atomic E-state index is 11.0. The third-order valence-electron chi connectivity index (χ3n) is 2.53. The topological polar surface area (TPSA) is 67.2 Å². The van der Waals surface area contributed by atoms with Gasteiger partial charge in [-0.3, -0.25) is 4.79 Å². The van der Waals surface area contributed by atoms with Gasteiger partial charge in [-0.2, -0.15) is 0 Å². The number of nitrogens with one attached hydrogen (secondary N) is 2. The molecule has 0 heterocycles. The molecular weight excluding hydrogens is 226 g/mol. The number of carbonyl (C=O) groups is 1. The lowest BCUT2D eigenvalue weighted by Crippen LogP contribution is -2.30. The van der Waals surface area contributed by atoms with Crippen LogP contribution in [0.3, 0.4) is 0 Å². The van der Waals surface area contributed by atoms with Crippen LogP contribution in [-0.2, 0) is 4.79 Å². The fourth-order valence-corrected chi connectivity index (χ4v) is 1.85. The molecule has 0 saturated heterocycles. The molecule has 18 heavy (non-hydrogen) atoms. The molecule has 0 radical (unpaired) electrons. The van der Waals surface area contributed by atoms with E-state index in [4.69, 9.17) is 5.73 Å². The van der Waals surface area contributed by atoms with E-state index < -0.39 is 0 Å². The molecule has 1 aromatic carbocycles. The van der Waals surface area contributed by atoms with Crippen LogP contribution in [0.4, 0.5) is 11.4 Å². The Morgan fingerprint density at radius 3 is 2.61 bits per heavy atom. The summed E-state index contributed by atoms with van der Waals surface area (Å²) in [5.41, 5.74) is 7.78. The Morgan fingerprint density at radius 2 is 2.00 bits per heavy atom. The smallest absolute Gasteiger partial charge is 0.221 e. The quantitative estimate of drug-likeness (QED) is 0.725. The van der Waals surface area contributed by atoms with E-state index in [0.29, 0.717) is 5.92 Å². The molecule has 0 saturated carbocycles. The standard InChI is InChI=1S/C14H23N3O/c1-10(2)7-12(15)9-16-13-5-4-6-14(8-13)17-11(3)18/h4-6,8,10,12,16H,7,9,15H2,1-3H3,(H,17,18). The number of hydrogen-bond acceptors (Lipinski definition) is 3. The average molecular weight is 249 g/mol. The highest BCUT2D eigenvalue weighted by molar-refractivity contribution is 5.89. The number of hydrogen-bond donors (Lipinski definition) is 3. The van der Waals surface area contributed by atoms with Crippen molar-refractivity contribution in [1.82, 2.24) is 0 Å². The molecule has 1 atom stereocenters. The molecule has 1 rings (SSSR count). The van der Waals surface area contributed by atoms with Crippen molar-refractivity contribution >= 4 is 17.3 Å². The molecule has 0 spiro atoms. The molecule has 1 aromatic rings. The average Bonchev–Trinajstić information content (AvgIpc) is 2.25. The van der Waals surface area contributed by atoms with Crippen molar-refractivity contribution in [3.05, 3.63) is 24.3 Å². The molecule has 4 heteroatoms. The minimum atomic E-state index is -0.0661. The van der Waals surface area contributed by atoms with Gasteiger partial charge in [-0.05, 0) is 30.5 Å². The van der Waals surface area contributed by atoms with E-state index in [1.165, 1.54) is 6.92 Å². The Labute approximate surface area is 109 Å². The van der Waals surface area contributed by atoms with Gasteiger partial charge in [0.05, 0.1) is 0 Å². The van der Waals surface area contributed by atoms with Gasteiger partial charge in [0, 0.05) is 30.9 Å². The monoisotopic (exact) mass is 249 g/mol. The van der Waals surface area contributed by atoms with Crippen LogP contribution < -0.4 is 16.4 Å². The minimum absolute atomic E-state index is 0.0661. The van der Waals surface area contributed by atoms with Crippen LogP contribution in [0.5, 0.6) is 0 Å². The fraction of sp³-hybridized carbons (Fsp3) is 0.500. The molecule has 1 unspecified atom stereocenters. The first-order valence-corrected chi connectivity index (χ1v) is 6.34. The zero-order valence-electron chi connectivity index (χ0n) is 11.4. The number of amides is 1. The number of anilines is 2. The number of rotatable bonds is 6. The summed E-state index contributed by atoms with van der Waals surface area (Å²) in [6.07, 6.45) is 0.998. The van der Waals surface area contributed by atoms with E-state index >= 15 is 0 Å². The van der Waals surface area contributed by atoms with Gasteiger partial charge in [-0.25, -0.2) is 0 Å². The minimum Gasteiger partial charge on any atom is -0.383 e. The van der Waals surface area contributed by atoms with Crippen molar-refractivity contribution in [3.8, 4) is 0 Å². The van der Waals surface area contributed by atoms with Gasteiger partial charge in [-0.15, -0.1) is 0 Å². The highest BCUT2D eigenvalue weighted by Crippen LogP contribution is 2.15. The van der Waals surface area contributed by atoms with E-state index in [9.17, 15) is 4.79 Å². The second kappa shape index (κ2) is 7.01. The van der Waals surface area contributed by atoms with Crippen molar-refractivity contribution in [1.29, 1.82) is 0 Å². The molecule has 4 N–H and O–H groups in total. The van der Waals surface area contributed by atoms with E-state index in [0.717, 1.165) is 24.3 Å². The third kappa shape index (κ3) is 5.68. The molecular formula is C14H23N3O. The number of benzene rings is 1. The maximum Gasteiger partial charge on any atom is 0.221 e. The molecule has 4 nitrogen and oxygen atoms in total. The largest absolute Gasteiger partial charge is 0.383 e. The molecule has 100 valence electrons. The van der Waals surface area contributed by atoms with Crippen molar-refractivity contribution in [2.24, 2.45) is 11.7 Å². The lowest BCUT2D eigenvalue weighted by molar-refractivity contribution is -0.114. The molecule has 0 bridgehead atoms. The lowest BCUT2D eigenvalue weighted by Gasteiger charge is -2.16. The van der Waals surface area contributed by atoms with Gasteiger partial charge in [0.25, 0.3) is 0 Å². The van der Waals surface area contributed by atoms with Crippen LogP contribution in [-0.4, -0.2) is 18.5 Å². The van der Waals surface area contributed by atoms with Crippen molar-refractivity contribution in [3.63, 3.8) is 0 Å². The summed E-state index contributed by atoms with van der Waals surface area (Å²) in [4.78, 5) is 11.0. The Hall–Kier alpha value is -1.55. The summed E-state index contributed by atoms with van der Waals surface area (Å²) in [7, 11) is 0. The Balaban J connectivity index is 2.49. The Bertz CT molecular complexity index is 390. The van der Waals surface area contributed by atoms with Gasteiger partial charge in [0.15, 0.2) is 0 Å². The van der Waals surface area contributed by atoms with Crippen molar-refractivity contribution in [2.45, 2.75) is 33.2 Å². The van der Waals surface area contributed by atoms with Gasteiger partial charge in [-0.1, -0.05) is 19.9 Å². The number of carbonyl (C=O) groups excluding carboxylic acids is 1. The zero-order valence-corrected chi connectivity index (χ0v) is 11.4. The molecule has 0 fully saturated rings. The summed E-state index contributed by atoms with van der Waals surface area (Å²) in [5, 5.41) is 6.04. The van der Waals surface area contributed by atoms with Gasteiger partial charge < -0.3 is 16.4 Å². The lowest BCUT2D eigenvalue weighted by atomic mass is 10.0. The predicted octanol–water partition coefficient (Wildman–Crippen LogP) is 2.43. The normalized spacial score (nSPS) is 12.3. The Kier molecular flexibility index (Phi) is 5.65. The van der Waals surface area contributed by atoms with E-state index in [2.05, 4.69) is 24.5 Å². The maximum absolute atomic E-state index is 11.0. The molecule has 0 aliphatic carbocycles. The summed E-state index contributed by atoms with van der Waals surface area (Å²) in [6, 6.07) is 7.79. The first kappa shape index (κ1) is 14.5. The van der Waals surface area contributed by atoms with Crippen LogP contribution >= 0.6 is 0 Å². The predicted molar refractivity (Wildman–Crippen MR) is 76.7 cm³/mol. The molecule has 0 aromatic heterocycles. The van der Waals surface area contributed by atoms with Gasteiger partial charge in [0.1, 0.15) is 0 Å². The molecule has 1 amide bonds. The third-order valence-corrected chi connectivity index (χ3v) is 2.53. The van der Waals surface area contributed by atoms with Crippen molar-refractivity contribution in [2.75, 3.05) is 17.2 Å². The SMILES string of the molecule is CC(=O)Nc1cccc(NCC(N)CC(C)C)c1. The first-order chi connectivity index (χ1) is 8.47. The van der Waals surface area contributed by atoms with E-state index in [-0.39, 0.29) is 11.9 Å². The summed E-state index contributed by atoms with van der Waals surface area (Å²) in [6.45, 7) is 6.56. The van der Waals surface area contributed by atoms with Crippen LogP contribution in [0.15, 0.2) is 24.3 Å². The summed E-state index contributed by atoms with van der Waals surface area (Å²) >= 11 is 0. The second-order valence-electron chi connectivity index (χ2n) is 5.03. The van der Waals surface area contributed by atoms with Gasteiger partial charge in [0.2, 0.25) is 5.91 Å². The van der Waals surface area contributed by atoms with Crippen LogP contribution in [0, 0.1) is 5.92 Å². The van der Waals surface area contributed by atoms with Crippen LogP contribution in [0.1, 0.15) is 27.2 Å². The molecule has 0 aliphatic heterocycles. The summed E-state index contributed by atoms with van der Waals surface area (Å²) in [5.74, 6) is 0.538.